The van der Waals surface area contributed by atoms with Crippen LogP contribution in [0.2, 0.25) is 0 Å². The summed E-state index contributed by atoms with van der Waals surface area (Å²) in [6, 6.07) is 7.96. The van der Waals surface area contributed by atoms with E-state index in [2.05, 4.69) is 21.3 Å². The Balaban J connectivity index is 1.85. The number of nitrogens with one attached hydrogen (secondary N) is 1. The zero-order valence-electron chi connectivity index (χ0n) is 14.7. The molecule has 132 valence electrons. The van der Waals surface area contributed by atoms with E-state index >= 15 is 0 Å². The Labute approximate surface area is 143 Å². The first kappa shape index (κ1) is 18.1. The van der Waals surface area contributed by atoms with Gasteiger partial charge in [-0.05, 0) is 37.5 Å². The molecule has 0 bridgehead atoms. The van der Waals surface area contributed by atoms with Crippen molar-refractivity contribution in [2.75, 3.05) is 33.9 Å². The van der Waals surface area contributed by atoms with Crippen molar-refractivity contribution in [2.24, 2.45) is 10.9 Å². The molecule has 0 spiro atoms. The van der Waals surface area contributed by atoms with E-state index in [-0.39, 0.29) is 11.9 Å². The highest BCUT2D eigenvalue weighted by Gasteiger charge is 2.27. The van der Waals surface area contributed by atoms with Gasteiger partial charge in [0.25, 0.3) is 0 Å². The van der Waals surface area contributed by atoms with Gasteiger partial charge >= 0.3 is 5.97 Å². The topological polar surface area (TPSA) is 63.2 Å². The molecule has 6 heteroatoms. The molecule has 1 heterocycles. The SMILES string of the molecule is CCOC(=O)C1CCN(C(=NC)NCc2cccc(OC)c2)CC1. The second kappa shape index (κ2) is 9.15. The summed E-state index contributed by atoms with van der Waals surface area (Å²) >= 11 is 0. The van der Waals surface area contributed by atoms with Gasteiger partial charge in [-0.2, -0.15) is 0 Å². The van der Waals surface area contributed by atoms with Crippen molar-refractivity contribution >= 4 is 11.9 Å². The van der Waals surface area contributed by atoms with Crippen LogP contribution in [0.25, 0.3) is 0 Å². The number of rotatable bonds is 5. The van der Waals surface area contributed by atoms with Crippen molar-refractivity contribution < 1.29 is 14.3 Å². The van der Waals surface area contributed by atoms with Crippen molar-refractivity contribution in [1.29, 1.82) is 0 Å². The van der Waals surface area contributed by atoms with E-state index in [1.165, 1.54) is 0 Å². The lowest BCUT2D eigenvalue weighted by atomic mass is 9.97. The highest BCUT2D eigenvalue weighted by Crippen LogP contribution is 2.19. The number of hydrogen-bond acceptors (Lipinski definition) is 4. The van der Waals surface area contributed by atoms with Gasteiger partial charge in [0.1, 0.15) is 5.75 Å². The first-order chi connectivity index (χ1) is 11.7. The number of aliphatic imine (C=N–C) groups is 1. The first-order valence-electron chi connectivity index (χ1n) is 8.43. The molecule has 0 aliphatic carbocycles. The third kappa shape index (κ3) is 4.88. The fraction of sp³-hybridized carbons (Fsp3) is 0.556. The zero-order valence-corrected chi connectivity index (χ0v) is 14.7. The molecule has 1 aliphatic heterocycles. The van der Waals surface area contributed by atoms with Crippen molar-refractivity contribution in [2.45, 2.75) is 26.3 Å². The number of methoxy groups -OCH3 is 1. The average Bonchev–Trinajstić information content (AvgIpc) is 2.63. The minimum Gasteiger partial charge on any atom is -0.497 e. The number of esters is 1. The van der Waals surface area contributed by atoms with Gasteiger partial charge in [-0.1, -0.05) is 12.1 Å². The van der Waals surface area contributed by atoms with Crippen LogP contribution in [0, 0.1) is 5.92 Å². The van der Waals surface area contributed by atoms with Crippen LogP contribution in [0.3, 0.4) is 0 Å². The molecular weight excluding hydrogens is 306 g/mol. The number of likely N-dealkylation sites (tertiary alicyclic amines) is 1. The number of guanidine groups is 1. The Morgan fingerprint density at radius 3 is 2.75 bits per heavy atom. The number of ether oxygens (including phenoxy) is 2. The molecule has 24 heavy (non-hydrogen) atoms. The predicted octanol–water partition coefficient (Wildman–Crippen LogP) is 2.05. The quantitative estimate of drug-likeness (QED) is 0.508. The molecule has 1 fully saturated rings. The number of piperidine rings is 1. The van der Waals surface area contributed by atoms with Crippen LogP contribution in [0.5, 0.6) is 5.75 Å². The summed E-state index contributed by atoms with van der Waals surface area (Å²) in [5, 5.41) is 3.38. The summed E-state index contributed by atoms with van der Waals surface area (Å²) in [4.78, 5) is 18.4. The van der Waals surface area contributed by atoms with Gasteiger partial charge in [0, 0.05) is 26.7 Å². The Kier molecular flexibility index (Phi) is 6.90. The summed E-state index contributed by atoms with van der Waals surface area (Å²) in [7, 11) is 3.45. The molecule has 0 amide bonds. The molecule has 0 saturated carbocycles. The fourth-order valence-electron chi connectivity index (χ4n) is 2.88. The highest BCUT2D eigenvalue weighted by atomic mass is 16.5. The minimum absolute atomic E-state index is 0.0118. The van der Waals surface area contributed by atoms with Gasteiger partial charge in [-0.15, -0.1) is 0 Å². The predicted molar refractivity (Wildman–Crippen MR) is 94.1 cm³/mol. The summed E-state index contributed by atoms with van der Waals surface area (Å²) in [5.74, 6) is 1.65. The van der Waals surface area contributed by atoms with Crippen LogP contribution in [-0.4, -0.2) is 50.7 Å². The van der Waals surface area contributed by atoms with Crippen LogP contribution in [0.15, 0.2) is 29.3 Å². The molecule has 6 nitrogen and oxygen atoms in total. The van der Waals surface area contributed by atoms with Gasteiger partial charge in [0.05, 0.1) is 19.6 Å². The van der Waals surface area contributed by atoms with E-state index < -0.39 is 0 Å². The third-order valence-corrected chi connectivity index (χ3v) is 4.21. The molecule has 1 N–H and O–H groups in total. The molecule has 1 aromatic carbocycles. The van der Waals surface area contributed by atoms with Gasteiger partial charge in [-0.25, -0.2) is 0 Å². The Bertz CT molecular complexity index is 566. The molecule has 1 saturated heterocycles. The Hall–Kier alpha value is -2.24. The summed E-state index contributed by atoms with van der Waals surface area (Å²) in [5.41, 5.74) is 1.14. The van der Waals surface area contributed by atoms with Crippen LogP contribution < -0.4 is 10.1 Å². The lowest BCUT2D eigenvalue weighted by Gasteiger charge is -2.33. The summed E-state index contributed by atoms with van der Waals surface area (Å²) in [6.45, 7) is 4.59. The largest absolute Gasteiger partial charge is 0.497 e. The Morgan fingerprint density at radius 1 is 1.38 bits per heavy atom. The average molecular weight is 333 g/mol. The number of carbonyl (C=O) groups is 1. The van der Waals surface area contributed by atoms with Gasteiger partial charge in [0.2, 0.25) is 0 Å². The van der Waals surface area contributed by atoms with Gasteiger partial charge < -0.3 is 19.7 Å². The molecule has 2 rings (SSSR count). The highest BCUT2D eigenvalue weighted by molar-refractivity contribution is 5.80. The van der Waals surface area contributed by atoms with Crippen molar-refractivity contribution in [3.63, 3.8) is 0 Å². The van der Waals surface area contributed by atoms with Gasteiger partial charge in [-0.3, -0.25) is 9.79 Å². The molecule has 1 aliphatic rings. The van der Waals surface area contributed by atoms with E-state index in [1.54, 1.807) is 14.2 Å². The maximum atomic E-state index is 11.8. The fourth-order valence-corrected chi connectivity index (χ4v) is 2.88. The van der Waals surface area contributed by atoms with Crippen LogP contribution >= 0.6 is 0 Å². The van der Waals surface area contributed by atoms with E-state index in [1.807, 2.05) is 25.1 Å². The summed E-state index contributed by atoms with van der Waals surface area (Å²) < 4.78 is 10.4. The van der Waals surface area contributed by atoms with E-state index in [4.69, 9.17) is 9.47 Å². The zero-order chi connectivity index (χ0) is 17.4. The lowest BCUT2D eigenvalue weighted by molar-refractivity contribution is -0.149. The smallest absolute Gasteiger partial charge is 0.309 e. The third-order valence-electron chi connectivity index (χ3n) is 4.21. The number of nitrogens with zero attached hydrogens (tertiary/aromatic N) is 2. The van der Waals surface area contributed by atoms with Crippen molar-refractivity contribution in [3.05, 3.63) is 29.8 Å². The summed E-state index contributed by atoms with van der Waals surface area (Å²) in [6.07, 6.45) is 1.61. The maximum Gasteiger partial charge on any atom is 0.309 e. The minimum atomic E-state index is -0.0727. The number of benzene rings is 1. The maximum absolute atomic E-state index is 11.8. The molecule has 0 radical (unpaired) electrons. The first-order valence-corrected chi connectivity index (χ1v) is 8.43. The Morgan fingerprint density at radius 2 is 2.12 bits per heavy atom. The lowest BCUT2D eigenvalue weighted by Crippen LogP contribution is -2.46. The van der Waals surface area contributed by atoms with E-state index in [0.29, 0.717) is 13.2 Å². The molecule has 1 aromatic rings. The normalized spacial score (nSPS) is 16.0. The molecule has 0 aromatic heterocycles. The van der Waals surface area contributed by atoms with Crippen molar-refractivity contribution in [3.8, 4) is 5.75 Å². The monoisotopic (exact) mass is 333 g/mol. The second-order valence-electron chi connectivity index (χ2n) is 5.77. The van der Waals surface area contributed by atoms with E-state index in [9.17, 15) is 4.79 Å². The van der Waals surface area contributed by atoms with Crippen LogP contribution in [0.1, 0.15) is 25.3 Å². The number of carbonyl (C=O) groups excluding carboxylic acids is 1. The standard InChI is InChI=1S/C18H27N3O3/c1-4-24-17(22)15-8-10-21(11-9-15)18(19-2)20-13-14-6-5-7-16(12-14)23-3/h5-7,12,15H,4,8-11,13H2,1-3H3,(H,19,20). The molecule has 0 atom stereocenters. The van der Waals surface area contributed by atoms with E-state index in [0.717, 1.165) is 43.2 Å². The number of hydrogen-bond donors (Lipinski definition) is 1. The van der Waals surface area contributed by atoms with Crippen LogP contribution in [0.4, 0.5) is 0 Å². The van der Waals surface area contributed by atoms with Crippen molar-refractivity contribution in [1.82, 2.24) is 10.2 Å². The molecular formula is C18H27N3O3. The molecule has 0 unspecified atom stereocenters. The van der Waals surface area contributed by atoms with Crippen LogP contribution in [-0.2, 0) is 16.1 Å². The van der Waals surface area contributed by atoms with Gasteiger partial charge in [0.15, 0.2) is 5.96 Å². The second-order valence-corrected chi connectivity index (χ2v) is 5.77.